The second-order valence-corrected chi connectivity index (χ2v) is 7.04. The Morgan fingerprint density at radius 2 is 1.81 bits per heavy atom. The van der Waals surface area contributed by atoms with Crippen LogP contribution in [0.25, 0.3) is 0 Å². The summed E-state index contributed by atoms with van der Waals surface area (Å²) in [7, 11) is 0. The van der Waals surface area contributed by atoms with E-state index in [0.29, 0.717) is 25.5 Å². The molecule has 0 aliphatic rings. The van der Waals surface area contributed by atoms with Crippen molar-refractivity contribution >= 4 is 5.96 Å². The second-order valence-electron chi connectivity index (χ2n) is 7.04. The third kappa shape index (κ3) is 9.50. The fourth-order valence-corrected chi connectivity index (χ4v) is 2.23. The molecular weight excluding hydrogens is 347 g/mol. The molecule has 0 aliphatic carbocycles. The molecule has 0 heterocycles. The maximum atomic E-state index is 12.2. The van der Waals surface area contributed by atoms with Gasteiger partial charge in [0.2, 0.25) is 0 Å². The first-order valence-electron chi connectivity index (χ1n) is 8.54. The Labute approximate surface area is 152 Å². The van der Waals surface area contributed by atoms with Crippen molar-refractivity contribution in [2.45, 2.75) is 46.0 Å². The van der Waals surface area contributed by atoms with Gasteiger partial charge in [0.25, 0.3) is 0 Å². The first-order chi connectivity index (χ1) is 12.0. The molecular formula is C18H28F3N3O2. The Bertz CT molecular complexity index is 567. The Kier molecular flexibility index (Phi) is 8.20. The standard InChI is InChI=1S/C18H28F3N3O2/c1-5-22-16(24-17(2,3)4)23-11-14(12-25)10-13-6-8-15(9-7-13)26-18(19,20)21/h6-9,14,25H,5,10-12H2,1-4H3,(H2,22,23,24). The van der Waals surface area contributed by atoms with E-state index in [1.165, 1.54) is 12.1 Å². The van der Waals surface area contributed by atoms with Crippen LogP contribution < -0.4 is 15.4 Å². The highest BCUT2D eigenvalue weighted by Crippen LogP contribution is 2.23. The van der Waals surface area contributed by atoms with E-state index >= 15 is 0 Å². The molecule has 0 fully saturated rings. The van der Waals surface area contributed by atoms with E-state index < -0.39 is 6.36 Å². The molecule has 0 radical (unpaired) electrons. The van der Waals surface area contributed by atoms with E-state index in [0.717, 1.165) is 5.56 Å². The number of aliphatic imine (C=N–C) groups is 1. The summed E-state index contributed by atoms with van der Waals surface area (Å²) in [6.45, 7) is 9.07. The van der Waals surface area contributed by atoms with Gasteiger partial charge >= 0.3 is 6.36 Å². The number of halogens is 3. The second kappa shape index (κ2) is 9.66. The average Bonchev–Trinajstić information content (AvgIpc) is 2.50. The molecule has 5 nitrogen and oxygen atoms in total. The van der Waals surface area contributed by atoms with Crippen LogP contribution in [0, 0.1) is 5.92 Å². The largest absolute Gasteiger partial charge is 0.573 e. The Morgan fingerprint density at radius 3 is 2.27 bits per heavy atom. The molecule has 0 saturated carbocycles. The minimum atomic E-state index is -4.70. The van der Waals surface area contributed by atoms with Crippen LogP contribution in [-0.4, -0.2) is 42.7 Å². The molecule has 0 aromatic heterocycles. The summed E-state index contributed by atoms with van der Waals surface area (Å²) < 4.78 is 40.4. The van der Waals surface area contributed by atoms with Crippen LogP contribution in [0.1, 0.15) is 33.3 Å². The summed E-state index contributed by atoms with van der Waals surface area (Å²) in [4.78, 5) is 4.49. The van der Waals surface area contributed by atoms with Crippen molar-refractivity contribution in [1.29, 1.82) is 0 Å². The van der Waals surface area contributed by atoms with Gasteiger partial charge in [-0.2, -0.15) is 0 Å². The van der Waals surface area contributed by atoms with Gasteiger partial charge < -0.3 is 20.5 Å². The molecule has 1 rings (SSSR count). The molecule has 1 aromatic carbocycles. The van der Waals surface area contributed by atoms with Gasteiger partial charge in [0, 0.05) is 31.2 Å². The third-order valence-corrected chi connectivity index (χ3v) is 3.28. The number of aliphatic hydroxyl groups excluding tert-OH is 1. The van der Waals surface area contributed by atoms with Crippen LogP contribution in [0.5, 0.6) is 5.75 Å². The first kappa shape index (κ1) is 22.1. The normalized spacial score (nSPS) is 14.1. The highest BCUT2D eigenvalue weighted by atomic mass is 19.4. The van der Waals surface area contributed by atoms with Crippen LogP contribution in [-0.2, 0) is 6.42 Å². The summed E-state index contributed by atoms with van der Waals surface area (Å²) in [5, 5.41) is 16.0. The minimum Gasteiger partial charge on any atom is -0.406 e. The fourth-order valence-electron chi connectivity index (χ4n) is 2.23. The molecule has 26 heavy (non-hydrogen) atoms. The Hall–Kier alpha value is -1.96. The molecule has 0 aliphatic heterocycles. The molecule has 1 atom stereocenters. The van der Waals surface area contributed by atoms with Crippen LogP contribution in [0.4, 0.5) is 13.2 Å². The van der Waals surface area contributed by atoms with E-state index in [1.54, 1.807) is 12.1 Å². The van der Waals surface area contributed by atoms with Crippen molar-refractivity contribution in [3.63, 3.8) is 0 Å². The van der Waals surface area contributed by atoms with E-state index in [1.807, 2.05) is 27.7 Å². The zero-order valence-corrected chi connectivity index (χ0v) is 15.7. The van der Waals surface area contributed by atoms with Crippen molar-refractivity contribution in [3.8, 4) is 5.75 Å². The Balaban J connectivity index is 2.69. The average molecular weight is 375 g/mol. The number of hydrogen-bond acceptors (Lipinski definition) is 3. The maximum Gasteiger partial charge on any atom is 0.573 e. The summed E-state index contributed by atoms with van der Waals surface area (Å²) in [5.41, 5.74) is 0.659. The SMILES string of the molecule is CCNC(=NCC(CO)Cc1ccc(OC(F)(F)F)cc1)NC(C)(C)C. The van der Waals surface area contributed by atoms with Crippen molar-refractivity contribution in [3.05, 3.63) is 29.8 Å². The molecule has 1 unspecified atom stereocenters. The van der Waals surface area contributed by atoms with Crippen LogP contribution in [0.2, 0.25) is 0 Å². The number of nitrogens with one attached hydrogen (secondary N) is 2. The van der Waals surface area contributed by atoms with Crippen molar-refractivity contribution < 1.29 is 23.0 Å². The molecule has 0 spiro atoms. The van der Waals surface area contributed by atoms with Crippen LogP contribution in [0.15, 0.2) is 29.3 Å². The highest BCUT2D eigenvalue weighted by Gasteiger charge is 2.30. The molecule has 3 N–H and O–H groups in total. The monoisotopic (exact) mass is 375 g/mol. The fraction of sp³-hybridized carbons (Fsp3) is 0.611. The lowest BCUT2D eigenvalue weighted by molar-refractivity contribution is -0.274. The minimum absolute atomic E-state index is 0.0702. The van der Waals surface area contributed by atoms with Crippen molar-refractivity contribution in [2.24, 2.45) is 10.9 Å². The van der Waals surface area contributed by atoms with Gasteiger partial charge in [-0.25, -0.2) is 0 Å². The highest BCUT2D eigenvalue weighted by molar-refractivity contribution is 5.80. The van der Waals surface area contributed by atoms with Gasteiger partial charge in [0.15, 0.2) is 5.96 Å². The lowest BCUT2D eigenvalue weighted by Gasteiger charge is -2.24. The quantitative estimate of drug-likeness (QED) is 0.506. The third-order valence-electron chi connectivity index (χ3n) is 3.28. The summed E-state index contributed by atoms with van der Waals surface area (Å²) in [5.74, 6) is 0.260. The molecule has 0 bridgehead atoms. The lowest BCUT2D eigenvalue weighted by Crippen LogP contribution is -2.47. The molecule has 148 valence electrons. The van der Waals surface area contributed by atoms with E-state index in [9.17, 15) is 18.3 Å². The first-order valence-corrected chi connectivity index (χ1v) is 8.54. The topological polar surface area (TPSA) is 65.9 Å². The molecule has 8 heteroatoms. The van der Waals surface area contributed by atoms with Crippen molar-refractivity contribution in [2.75, 3.05) is 19.7 Å². The zero-order valence-electron chi connectivity index (χ0n) is 15.7. The smallest absolute Gasteiger partial charge is 0.406 e. The van der Waals surface area contributed by atoms with E-state index in [4.69, 9.17) is 0 Å². The Morgan fingerprint density at radius 1 is 1.19 bits per heavy atom. The molecule has 1 aromatic rings. The predicted molar refractivity (Wildman–Crippen MR) is 96.3 cm³/mol. The predicted octanol–water partition coefficient (Wildman–Crippen LogP) is 3.09. The lowest BCUT2D eigenvalue weighted by atomic mass is 10.00. The summed E-state index contributed by atoms with van der Waals surface area (Å²) in [6, 6.07) is 5.66. The van der Waals surface area contributed by atoms with Gasteiger partial charge in [-0.3, -0.25) is 4.99 Å². The van der Waals surface area contributed by atoms with Gasteiger partial charge in [-0.1, -0.05) is 12.1 Å². The summed E-state index contributed by atoms with van der Waals surface area (Å²) in [6.07, 6.45) is -4.20. The number of alkyl halides is 3. The van der Waals surface area contributed by atoms with Crippen molar-refractivity contribution in [1.82, 2.24) is 10.6 Å². The molecule has 0 amide bonds. The number of hydrogen-bond donors (Lipinski definition) is 3. The molecule has 0 saturated heterocycles. The van der Waals surface area contributed by atoms with Crippen LogP contribution >= 0.6 is 0 Å². The number of rotatable bonds is 7. The van der Waals surface area contributed by atoms with E-state index in [-0.39, 0.29) is 23.8 Å². The van der Waals surface area contributed by atoms with Crippen LogP contribution in [0.3, 0.4) is 0 Å². The zero-order chi connectivity index (χ0) is 19.8. The van der Waals surface area contributed by atoms with Gasteiger partial charge in [-0.15, -0.1) is 13.2 Å². The number of nitrogens with zero attached hydrogens (tertiary/aromatic N) is 1. The van der Waals surface area contributed by atoms with Gasteiger partial charge in [0.1, 0.15) is 5.75 Å². The van der Waals surface area contributed by atoms with Gasteiger partial charge in [-0.05, 0) is 51.8 Å². The summed E-state index contributed by atoms with van der Waals surface area (Å²) >= 11 is 0. The number of benzene rings is 1. The number of aliphatic hydroxyl groups is 1. The number of ether oxygens (including phenoxy) is 1. The van der Waals surface area contributed by atoms with Gasteiger partial charge in [0.05, 0.1) is 0 Å². The number of guanidine groups is 1. The van der Waals surface area contributed by atoms with E-state index in [2.05, 4.69) is 20.4 Å². The maximum absolute atomic E-state index is 12.2.